The molecule has 0 aliphatic heterocycles. The van der Waals surface area contributed by atoms with Gasteiger partial charge in [-0.1, -0.05) is 22.4 Å². The molecule has 2 nitrogen and oxygen atoms in total. The number of benzene rings is 1. The summed E-state index contributed by atoms with van der Waals surface area (Å²) >= 11 is 6.82. The van der Waals surface area contributed by atoms with Crippen molar-refractivity contribution in [2.24, 2.45) is 5.92 Å². The number of rotatable bonds is 3. The second-order valence-corrected chi connectivity index (χ2v) is 6.38. The molecular formula is C13H15Br2NO. The van der Waals surface area contributed by atoms with Crippen LogP contribution in [0.1, 0.15) is 29.6 Å². The van der Waals surface area contributed by atoms with Crippen LogP contribution in [0.15, 0.2) is 27.1 Å². The zero-order valence-electron chi connectivity index (χ0n) is 9.75. The molecule has 0 N–H and O–H groups in total. The largest absolute Gasteiger partial charge is 0.341 e. The number of carbonyl (C=O) groups excluding carboxylic acids is 1. The zero-order valence-corrected chi connectivity index (χ0v) is 12.9. The Morgan fingerprint density at radius 3 is 2.65 bits per heavy atom. The monoisotopic (exact) mass is 359 g/mol. The summed E-state index contributed by atoms with van der Waals surface area (Å²) in [6.45, 7) is 0.876. The molecule has 0 saturated heterocycles. The van der Waals surface area contributed by atoms with Gasteiger partial charge in [-0.3, -0.25) is 4.79 Å². The van der Waals surface area contributed by atoms with Gasteiger partial charge in [0.25, 0.3) is 5.91 Å². The Kier molecular flexibility index (Phi) is 4.26. The summed E-state index contributed by atoms with van der Waals surface area (Å²) in [5.41, 5.74) is 0.732. The Labute approximate surface area is 119 Å². The van der Waals surface area contributed by atoms with Crippen molar-refractivity contribution in [3.63, 3.8) is 0 Å². The van der Waals surface area contributed by atoms with Gasteiger partial charge in [0.05, 0.1) is 5.56 Å². The molecular weight excluding hydrogens is 346 g/mol. The standard InChI is InChI=1S/C13H15Br2NO/c1-16(8-9-3-2-4-9)13(17)11-6-5-10(14)7-12(11)15/h5-7,9H,2-4,8H2,1H3. The highest BCUT2D eigenvalue weighted by atomic mass is 79.9. The molecule has 0 unspecified atom stereocenters. The molecule has 2 rings (SSSR count). The van der Waals surface area contributed by atoms with Gasteiger partial charge in [0.1, 0.15) is 0 Å². The van der Waals surface area contributed by atoms with Crippen molar-refractivity contribution in [2.75, 3.05) is 13.6 Å². The minimum absolute atomic E-state index is 0.0938. The molecule has 1 amide bonds. The van der Waals surface area contributed by atoms with Crippen molar-refractivity contribution in [3.8, 4) is 0 Å². The quantitative estimate of drug-likeness (QED) is 0.795. The molecule has 0 heterocycles. The molecule has 92 valence electrons. The molecule has 1 aromatic carbocycles. The van der Waals surface area contributed by atoms with E-state index in [1.165, 1.54) is 19.3 Å². The lowest BCUT2D eigenvalue weighted by atomic mass is 9.85. The van der Waals surface area contributed by atoms with Gasteiger partial charge in [-0.2, -0.15) is 0 Å². The lowest BCUT2D eigenvalue weighted by molar-refractivity contribution is 0.0744. The van der Waals surface area contributed by atoms with E-state index in [0.29, 0.717) is 5.92 Å². The minimum atomic E-state index is 0.0938. The third kappa shape index (κ3) is 3.10. The lowest BCUT2D eigenvalue weighted by Crippen LogP contribution is -2.34. The van der Waals surface area contributed by atoms with E-state index in [2.05, 4.69) is 31.9 Å². The first-order valence-electron chi connectivity index (χ1n) is 5.78. The van der Waals surface area contributed by atoms with Gasteiger partial charge in [-0.05, 0) is 52.9 Å². The van der Waals surface area contributed by atoms with Gasteiger partial charge in [0, 0.05) is 22.5 Å². The van der Waals surface area contributed by atoms with Crippen LogP contribution in [0, 0.1) is 5.92 Å². The number of halogens is 2. The van der Waals surface area contributed by atoms with E-state index in [4.69, 9.17) is 0 Å². The van der Waals surface area contributed by atoms with Gasteiger partial charge in [0.15, 0.2) is 0 Å². The van der Waals surface area contributed by atoms with Crippen molar-refractivity contribution >= 4 is 37.8 Å². The molecule has 0 atom stereocenters. The van der Waals surface area contributed by atoms with E-state index in [9.17, 15) is 4.79 Å². The van der Waals surface area contributed by atoms with Crippen molar-refractivity contribution in [1.29, 1.82) is 0 Å². The number of hydrogen-bond acceptors (Lipinski definition) is 1. The maximum atomic E-state index is 12.2. The highest BCUT2D eigenvalue weighted by Gasteiger charge is 2.22. The maximum Gasteiger partial charge on any atom is 0.254 e. The fraction of sp³-hybridized carbons (Fsp3) is 0.462. The van der Waals surface area contributed by atoms with E-state index in [0.717, 1.165) is 21.1 Å². The zero-order chi connectivity index (χ0) is 12.4. The minimum Gasteiger partial charge on any atom is -0.341 e. The number of carbonyl (C=O) groups is 1. The van der Waals surface area contributed by atoms with Crippen LogP contribution in [0.2, 0.25) is 0 Å². The number of amides is 1. The Morgan fingerprint density at radius 1 is 1.41 bits per heavy atom. The van der Waals surface area contributed by atoms with Crippen LogP contribution in [0.3, 0.4) is 0 Å². The van der Waals surface area contributed by atoms with Crippen LogP contribution in [0.4, 0.5) is 0 Å². The molecule has 0 aromatic heterocycles. The summed E-state index contributed by atoms with van der Waals surface area (Å²) in [4.78, 5) is 14.1. The number of hydrogen-bond donors (Lipinski definition) is 0. The first-order chi connectivity index (χ1) is 8.08. The fourth-order valence-corrected chi connectivity index (χ4v) is 3.23. The Bertz CT molecular complexity index is 429. The molecule has 1 aliphatic carbocycles. The molecule has 4 heteroatoms. The van der Waals surface area contributed by atoms with E-state index in [1.54, 1.807) is 0 Å². The summed E-state index contributed by atoms with van der Waals surface area (Å²) in [7, 11) is 1.88. The molecule has 17 heavy (non-hydrogen) atoms. The molecule has 1 aromatic rings. The van der Waals surface area contributed by atoms with Gasteiger partial charge in [-0.15, -0.1) is 0 Å². The summed E-state index contributed by atoms with van der Waals surface area (Å²) in [5.74, 6) is 0.800. The Morgan fingerprint density at radius 2 is 2.12 bits per heavy atom. The fourth-order valence-electron chi connectivity index (χ4n) is 2.01. The molecule has 1 saturated carbocycles. The number of nitrogens with zero attached hydrogens (tertiary/aromatic N) is 1. The normalized spacial score (nSPS) is 15.5. The van der Waals surface area contributed by atoms with Gasteiger partial charge in [0.2, 0.25) is 0 Å². The van der Waals surface area contributed by atoms with Crippen molar-refractivity contribution in [2.45, 2.75) is 19.3 Å². The third-order valence-corrected chi connectivity index (χ3v) is 4.41. The van der Waals surface area contributed by atoms with E-state index in [1.807, 2.05) is 30.1 Å². The molecule has 1 fully saturated rings. The van der Waals surface area contributed by atoms with Gasteiger partial charge < -0.3 is 4.90 Å². The molecule has 0 radical (unpaired) electrons. The molecule has 0 bridgehead atoms. The summed E-state index contributed by atoms with van der Waals surface area (Å²) in [5, 5.41) is 0. The lowest BCUT2D eigenvalue weighted by Gasteiger charge is -2.30. The van der Waals surface area contributed by atoms with E-state index in [-0.39, 0.29) is 5.91 Å². The predicted molar refractivity (Wildman–Crippen MR) is 76.1 cm³/mol. The highest BCUT2D eigenvalue weighted by Crippen LogP contribution is 2.28. The first-order valence-corrected chi connectivity index (χ1v) is 7.37. The molecule has 0 spiro atoms. The average Bonchev–Trinajstić information content (AvgIpc) is 2.22. The Hall–Kier alpha value is -0.350. The highest BCUT2D eigenvalue weighted by molar-refractivity contribution is 9.11. The second kappa shape index (κ2) is 5.53. The van der Waals surface area contributed by atoms with Crippen molar-refractivity contribution in [3.05, 3.63) is 32.7 Å². The third-order valence-electron chi connectivity index (χ3n) is 3.27. The van der Waals surface area contributed by atoms with Crippen LogP contribution in [-0.2, 0) is 0 Å². The van der Waals surface area contributed by atoms with Crippen molar-refractivity contribution < 1.29 is 4.79 Å². The Balaban J connectivity index is 2.07. The van der Waals surface area contributed by atoms with Crippen LogP contribution in [-0.4, -0.2) is 24.4 Å². The van der Waals surface area contributed by atoms with Gasteiger partial charge in [-0.25, -0.2) is 0 Å². The topological polar surface area (TPSA) is 20.3 Å². The maximum absolute atomic E-state index is 12.2. The smallest absolute Gasteiger partial charge is 0.254 e. The first kappa shape index (κ1) is 13.1. The van der Waals surface area contributed by atoms with Crippen LogP contribution in [0.5, 0.6) is 0 Å². The van der Waals surface area contributed by atoms with Crippen molar-refractivity contribution in [1.82, 2.24) is 4.90 Å². The van der Waals surface area contributed by atoms with Gasteiger partial charge >= 0.3 is 0 Å². The van der Waals surface area contributed by atoms with Crippen LogP contribution in [0.25, 0.3) is 0 Å². The SMILES string of the molecule is CN(CC1CCC1)C(=O)c1ccc(Br)cc1Br. The summed E-state index contributed by atoms with van der Waals surface area (Å²) in [6, 6.07) is 5.66. The summed E-state index contributed by atoms with van der Waals surface area (Å²) < 4.78 is 1.82. The van der Waals surface area contributed by atoms with E-state index >= 15 is 0 Å². The van der Waals surface area contributed by atoms with Crippen LogP contribution < -0.4 is 0 Å². The van der Waals surface area contributed by atoms with Crippen LogP contribution >= 0.6 is 31.9 Å². The average molecular weight is 361 g/mol. The predicted octanol–water partition coefficient (Wildman–Crippen LogP) is 4.08. The summed E-state index contributed by atoms with van der Waals surface area (Å²) in [6.07, 6.45) is 3.84. The molecule has 1 aliphatic rings. The second-order valence-electron chi connectivity index (χ2n) is 4.61. The van der Waals surface area contributed by atoms with E-state index < -0.39 is 0 Å².